The Hall–Kier alpha value is -2.15. The van der Waals surface area contributed by atoms with Gasteiger partial charge in [-0.05, 0) is 71.2 Å². The lowest BCUT2D eigenvalue weighted by molar-refractivity contribution is 0.0509. The fourth-order valence-corrected chi connectivity index (χ4v) is 3.23. The number of benzene rings is 1. The van der Waals surface area contributed by atoms with Gasteiger partial charge in [0.2, 0.25) is 0 Å². The first-order chi connectivity index (χ1) is 13.3. The van der Waals surface area contributed by atoms with Gasteiger partial charge in [0.25, 0.3) is 0 Å². The quantitative estimate of drug-likeness (QED) is 0.521. The van der Waals surface area contributed by atoms with E-state index in [1.54, 1.807) is 13.2 Å². The molecule has 0 aromatic heterocycles. The number of anilines is 1. The molecular formula is C21H35N3O4. The Morgan fingerprint density at radius 1 is 1.25 bits per heavy atom. The lowest BCUT2D eigenvalue weighted by Crippen LogP contribution is -2.40. The molecule has 0 saturated carbocycles. The number of carbonyl (C=O) groups excluding carboxylic acids is 1. The number of hydrogen-bond donors (Lipinski definition) is 2. The smallest absolute Gasteiger partial charge is 0.407 e. The summed E-state index contributed by atoms with van der Waals surface area (Å²) in [7, 11) is 1.61. The minimum absolute atomic E-state index is 0.329. The molecule has 1 aromatic carbocycles. The van der Waals surface area contributed by atoms with Gasteiger partial charge in [0, 0.05) is 24.8 Å². The second-order valence-electron chi connectivity index (χ2n) is 8.28. The molecule has 0 bridgehead atoms. The van der Waals surface area contributed by atoms with Crippen molar-refractivity contribution in [2.24, 2.45) is 5.92 Å². The first-order valence-electron chi connectivity index (χ1n) is 10.0. The Kier molecular flexibility index (Phi) is 8.23. The molecule has 1 aliphatic rings. The standard InChI is InChI=1S/C21H35N3O4/c1-21(2,3)28-20(25)23-15-16-8-11-24(12-9-16)10-5-13-27-18-7-6-17(22)14-19(18)26-4/h6-7,14,16H,5,8-13,15,22H2,1-4H3,(H,23,25). The Bertz CT molecular complexity index is 623. The SMILES string of the molecule is COc1cc(N)ccc1OCCCN1CCC(CNC(=O)OC(C)(C)C)CC1. The molecule has 1 heterocycles. The van der Waals surface area contributed by atoms with Crippen LogP contribution in [0.5, 0.6) is 11.5 Å². The second kappa shape index (κ2) is 10.4. The lowest BCUT2D eigenvalue weighted by atomic mass is 9.97. The third-order valence-corrected chi connectivity index (χ3v) is 4.71. The van der Waals surface area contributed by atoms with Gasteiger partial charge >= 0.3 is 6.09 Å². The molecule has 0 atom stereocenters. The average molecular weight is 394 g/mol. The molecule has 7 heteroatoms. The molecule has 2 rings (SSSR count). The van der Waals surface area contributed by atoms with E-state index < -0.39 is 5.60 Å². The zero-order valence-electron chi connectivity index (χ0n) is 17.6. The van der Waals surface area contributed by atoms with Crippen molar-refractivity contribution in [1.82, 2.24) is 10.2 Å². The Morgan fingerprint density at radius 3 is 2.61 bits per heavy atom. The fraction of sp³-hybridized carbons (Fsp3) is 0.667. The van der Waals surface area contributed by atoms with Gasteiger partial charge in [0.1, 0.15) is 5.60 Å². The predicted octanol–water partition coefficient (Wildman–Crippen LogP) is 3.28. The maximum Gasteiger partial charge on any atom is 0.407 e. The van der Waals surface area contributed by atoms with E-state index >= 15 is 0 Å². The number of nitrogen functional groups attached to an aromatic ring is 1. The van der Waals surface area contributed by atoms with E-state index in [1.165, 1.54) is 0 Å². The van der Waals surface area contributed by atoms with Crippen LogP contribution in [0.1, 0.15) is 40.0 Å². The molecule has 0 spiro atoms. The minimum atomic E-state index is -0.452. The van der Waals surface area contributed by atoms with Crippen LogP contribution in [0, 0.1) is 5.92 Å². The van der Waals surface area contributed by atoms with Crippen molar-refractivity contribution in [1.29, 1.82) is 0 Å². The summed E-state index contributed by atoms with van der Waals surface area (Å²) in [5.74, 6) is 1.90. The molecule has 158 valence electrons. The zero-order valence-corrected chi connectivity index (χ0v) is 17.6. The number of piperidine rings is 1. The summed E-state index contributed by atoms with van der Waals surface area (Å²) in [5.41, 5.74) is 5.97. The summed E-state index contributed by atoms with van der Waals surface area (Å²) in [4.78, 5) is 14.2. The van der Waals surface area contributed by atoms with Crippen LogP contribution in [-0.4, -0.2) is 56.5 Å². The first kappa shape index (κ1) is 22.1. The highest BCUT2D eigenvalue weighted by Crippen LogP contribution is 2.29. The zero-order chi connectivity index (χ0) is 20.6. The van der Waals surface area contributed by atoms with Gasteiger partial charge in [0.05, 0.1) is 13.7 Å². The predicted molar refractivity (Wildman–Crippen MR) is 111 cm³/mol. The van der Waals surface area contributed by atoms with Crippen molar-refractivity contribution >= 4 is 11.8 Å². The summed E-state index contributed by atoms with van der Waals surface area (Å²) >= 11 is 0. The normalized spacial score (nSPS) is 15.9. The van der Waals surface area contributed by atoms with E-state index in [-0.39, 0.29) is 6.09 Å². The van der Waals surface area contributed by atoms with Crippen LogP contribution in [0.2, 0.25) is 0 Å². The van der Waals surface area contributed by atoms with E-state index in [0.717, 1.165) is 44.6 Å². The summed E-state index contributed by atoms with van der Waals surface area (Å²) in [6, 6.07) is 5.43. The van der Waals surface area contributed by atoms with E-state index in [0.29, 0.717) is 30.5 Å². The van der Waals surface area contributed by atoms with Crippen molar-refractivity contribution in [3.8, 4) is 11.5 Å². The molecule has 3 N–H and O–H groups in total. The number of ether oxygens (including phenoxy) is 3. The highest BCUT2D eigenvalue weighted by molar-refractivity contribution is 5.67. The van der Waals surface area contributed by atoms with Gasteiger partial charge < -0.3 is 30.2 Å². The van der Waals surface area contributed by atoms with E-state index in [2.05, 4.69) is 10.2 Å². The summed E-state index contributed by atoms with van der Waals surface area (Å²) in [6.07, 6.45) is 2.80. The van der Waals surface area contributed by atoms with Crippen molar-refractivity contribution in [2.75, 3.05) is 45.6 Å². The number of methoxy groups -OCH3 is 1. The Labute approximate surface area is 168 Å². The molecule has 1 saturated heterocycles. The number of alkyl carbamates (subject to hydrolysis) is 1. The van der Waals surface area contributed by atoms with Gasteiger partial charge in [-0.1, -0.05) is 0 Å². The Balaban J connectivity index is 1.60. The summed E-state index contributed by atoms with van der Waals surface area (Å²) in [5, 5.41) is 2.89. The third-order valence-electron chi connectivity index (χ3n) is 4.71. The Morgan fingerprint density at radius 2 is 1.96 bits per heavy atom. The van der Waals surface area contributed by atoms with E-state index in [9.17, 15) is 4.79 Å². The van der Waals surface area contributed by atoms with Crippen molar-refractivity contribution in [2.45, 2.75) is 45.6 Å². The molecule has 1 aliphatic heterocycles. The van der Waals surface area contributed by atoms with Crippen LogP contribution in [-0.2, 0) is 4.74 Å². The van der Waals surface area contributed by atoms with E-state index in [4.69, 9.17) is 19.9 Å². The first-order valence-corrected chi connectivity index (χ1v) is 10.0. The van der Waals surface area contributed by atoms with Crippen LogP contribution in [0.3, 0.4) is 0 Å². The molecule has 0 aliphatic carbocycles. The molecule has 0 radical (unpaired) electrons. The number of amides is 1. The van der Waals surface area contributed by atoms with Crippen molar-refractivity contribution < 1.29 is 19.0 Å². The number of carbonyl (C=O) groups is 1. The van der Waals surface area contributed by atoms with Crippen LogP contribution in [0.15, 0.2) is 18.2 Å². The number of rotatable bonds is 8. The van der Waals surface area contributed by atoms with Crippen LogP contribution >= 0.6 is 0 Å². The van der Waals surface area contributed by atoms with Crippen LogP contribution in [0.4, 0.5) is 10.5 Å². The number of hydrogen-bond acceptors (Lipinski definition) is 6. The molecule has 0 unspecified atom stereocenters. The van der Waals surface area contributed by atoms with Crippen LogP contribution in [0.25, 0.3) is 0 Å². The molecule has 1 amide bonds. The summed E-state index contributed by atoms with van der Waals surface area (Å²) in [6.45, 7) is 10.0. The number of nitrogens with zero attached hydrogens (tertiary/aromatic N) is 1. The van der Waals surface area contributed by atoms with Gasteiger partial charge in [-0.15, -0.1) is 0 Å². The lowest BCUT2D eigenvalue weighted by Gasteiger charge is -2.32. The largest absolute Gasteiger partial charge is 0.493 e. The molecule has 28 heavy (non-hydrogen) atoms. The van der Waals surface area contributed by atoms with Gasteiger partial charge in [-0.25, -0.2) is 4.79 Å². The average Bonchev–Trinajstić information content (AvgIpc) is 2.64. The van der Waals surface area contributed by atoms with Gasteiger partial charge in [0.15, 0.2) is 11.5 Å². The number of nitrogens with one attached hydrogen (secondary N) is 1. The number of nitrogens with two attached hydrogens (primary N) is 1. The van der Waals surface area contributed by atoms with Crippen molar-refractivity contribution in [3.05, 3.63) is 18.2 Å². The third kappa shape index (κ3) is 7.84. The van der Waals surface area contributed by atoms with Gasteiger partial charge in [-0.3, -0.25) is 0 Å². The monoisotopic (exact) mass is 393 g/mol. The summed E-state index contributed by atoms with van der Waals surface area (Å²) < 4.78 is 16.4. The minimum Gasteiger partial charge on any atom is -0.493 e. The highest BCUT2D eigenvalue weighted by atomic mass is 16.6. The maximum absolute atomic E-state index is 11.7. The molecule has 1 aromatic rings. The van der Waals surface area contributed by atoms with E-state index in [1.807, 2.05) is 32.9 Å². The van der Waals surface area contributed by atoms with Crippen molar-refractivity contribution in [3.63, 3.8) is 0 Å². The molecule has 1 fully saturated rings. The fourth-order valence-electron chi connectivity index (χ4n) is 3.23. The van der Waals surface area contributed by atoms with Gasteiger partial charge in [-0.2, -0.15) is 0 Å². The van der Waals surface area contributed by atoms with Crippen LogP contribution < -0.4 is 20.5 Å². The second-order valence-corrected chi connectivity index (χ2v) is 8.28. The maximum atomic E-state index is 11.7. The highest BCUT2D eigenvalue weighted by Gasteiger charge is 2.21. The molecular weight excluding hydrogens is 358 g/mol. The number of likely N-dealkylation sites (tertiary alicyclic amines) is 1. The molecule has 7 nitrogen and oxygen atoms in total. The topological polar surface area (TPSA) is 86.1 Å².